The number of benzene rings is 1. The number of nitrogens with one attached hydrogen (secondary N) is 1. The zero-order chi connectivity index (χ0) is 13.5. The van der Waals surface area contributed by atoms with Crippen LogP contribution in [0.3, 0.4) is 0 Å². The first kappa shape index (κ1) is 14.0. The summed E-state index contributed by atoms with van der Waals surface area (Å²) in [5, 5.41) is 2.60. The molecule has 1 aromatic rings. The van der Waals surface area contributed by atoms with Gasteiger partial charge < -0.3 is 20.5 Å². The van der Waals surface area contributed by atoms with Crippen LogP contribution >= 0.6 is 0 Å². The van der Waals surface area contributed by atoms with E-state index in [1.807, 2.05) is 0 Å². The van der Waals surface area contributed by atoms with Crippen molar-refractivity contribution in [2.75, 3.05) is 26.1 Å². The first-order chi connectivity index (χ1) is 8.62. The molecule has 1 rings (SSSR count). The van der Waals surface area contributed by atoms with Crippen molar-refractivity contribution in [3.05, 3.63) is 23.8 Å². The van der Waals surface area contributed by atoms with Crippen molar-refractivity contribution in [3.63, 3.8) is 0 Å². The Morgan fingerprint density at radius 1 is 1.33 bits per heavy atom. The van der Waals surface area contributed by atoms with E-state index in [2.05, 4.69) is 10.1 Å². The minimum absolute atomic E-state index is 0.187. The normalized spacial score (nSPS) is 9.72. The van der Waals surface area contributed by atoms with Gasteiger partial charge >= 0.3 is 5.97 Å². The number of anilines is 1. The minimum Gasteiger partial charge on any atom is -0.497 e. The van der Waals surface area contributed by atoms with Gasteiger partial charge in [-0.2, -0.15) is 0 Å². The number of carbonyl (C=O) groups excluding carboxylic acids is 2. The summed E-state index contributed by atoms with van der Waals surface area (Å²) < 4.78 is 9.66. The lowest BCUT2D eigenvalue weighted by Crippen LogP contribution is -2.18. The van der Waals surface area contributed by atoms with Gasteiger partial charge in [-0.15, -0.1) is 0 Å². The van der Waals surface area contributed by atoms with Crippen molar-refractivity contribution in [2.45, 2.75) is 6.42 Å². The predicted molar refractivity (Wildman–Crippen MR) is 66.6 cm³/mol. The summed E-state index contributed by atoms with van der Waals surface area (Å²) in [7, 11) is 2.76. The third-order valence-corrected chi connectivity index (χ3v) is 2.28. The summed E-state index contributed by atoms with van der Waals surface area (Å²) in [6.07, 6.45) is 0.187. The number of ether oxygens (including phenoxy) is 2. The summed E-state index contributed by atoms with van der Waals surface area (Å²) in [5.41, 5.74) is 5.89. The van der Waals surface area contributed by atoms with E-state index in [0.717, 1.165) is 0 Å². The van der Waals surface area contributed by atoms with Crippen LogP contribution in [0, 0.1) is 0 Å². The van der Waals surface area contributed by atoms with Crippen molar-refractivity contribution < 1.29 is 19.1 Å². The van der Waals surface area contributed by atoms with Crippen molar-refractivity contribution in [2.24, 2.45) is 5.73 Å². The lowest BCUT2D eigenvalue weighted by atomic mass is 10.1. The van der Waals surface area contributed by atoms with Crippen LogP contribution in [0.5, 0.6) is 5.75 Å². The zero-order valence-electron chi connectivity index (χ0n) is 10.4. The van der Waals surface area contributed by atoms with Crippen LogP contribution in [0.2, 0.25) is 0 Å². The van der Waals surface area contributed by atoms with Crippen LogP contribution in [0.4, 0.5) is 5.69 Å². The Morgan fingerprint density at radius 2 is 2.06 bits per heavy atom. The molecule has 0 atom stereocenters. The van der Waals surface area contributed by atoms with Gasteiger partial charge in [0, 0.05) is 13.0 Å². The number of esters is 1. The van der Waals surface area contributed by atoms with Gasteiger partial charge in [0.25, 0.3) is 0 Å². The highest BCUT2D eigenvalue weighted by atomic mass is 16.5. The smallest absolute Gasteiger partial charge is 0.340 e. The number of hydrogen-bond acceptors (Lipinski definition) is 5. The van der Waals surface area contributed by atoms with Crippen molar-refractivity contribution in [3.8, 4) is 5.75 Å². The number of amides is 1. The number of rotatable bonds is 5. The Hall–Kier alpha value is -2.08. The highest BCUT2D eigenvalue weighted by molar-refractivity contribution is 6.01. The van der Waals surface area contributed by atoms with Crippen molar-refractivity contribution >= 4 is 17.6 Å². The molecule has 18 heavy (non-hydrogen) atoms. The Bertz CT molecular complexity index is 446. The Kier molecular flexibility index (Phi) is 5.13. The molecule has 0 radical (unpaired) electrons. The molecule has 0 unspecified atom stereocenters. The van der Waals surface area contributed by atoms with E-state index < -0.39 is 5.97 Å². The Morgan fingerprint density at radius 3 is 2.61 bits per heavy atom. The summed E-state index contributed by atoms with van der Waals surface area (Å²) in [4.78, 5) is 23.0. The molecule has 0 bridgehead atoms. The van der Waals surface area contributed by atoms with Crippen LogP contribution in [0.1, 0.15) is 16.8 Å². The van der Waals surface area contributed by atoms with E-state index >= 15 is 0 Å². The van der Waals surface area contributed by atoms with Gasteiger partial charge in [-0.3, -0.25) is 4.79 Å². The second kappa shape index (κ2) is 6.61. The largest absolute Gasteiger partial charge is 0.497 e. The summed E-state index contributed by atoms with van der Waals surface area (Å²) in [5.74, 6) is -0.294. The highest BCUT2D eigenvalue weighted by Crippen LogP contribution is 2.23. The molecule has 0 saturated heterocycles. The van der Waals surface area contributed by atoms with Crippen LogP contribution in [0.25, 0.3) is 0 Å². The fraction of sp³-hybridized carbons (Fsp3) is 0.333. The van der Waals surface area contributed by atoms with E-state index in [0.29, 0.717) is 11.4 Å². The SMILES string of the molecule is COC(=O)c1cc(OC)ccc1NC(=O)CCN. The zero-order valence-corrected chi connectivity index (χ0v) is 10.4. The Balaban J connectivity index is 3.02. The quantitative estimate of drug-likeness (QED) is 0.755. The molecule has 3 N–H and O–H groups in total. The molecule has 0 aromatic heterocycles. The fourth-order valence-electron chi connectivity index (χ4n) is 1.38. The highest BCUT2D eigenvalue weighted by Gasteiger charge is 2.14. The van der Waals surface area contributed by atoms with Gasteiger partial charge in [0.05, 0.1) is 25.5 Å². The minimum atomic E-state index is -0.544. The van der Waals surface area contributed by atoms with Gasteiger partial charge in [-0.25, -0.2) is 4.79 Å². The summed E-state index contributed by atoms with van der Waals surface area (Å²) >= 11 is 0. The molecule has 0 aliphatic carbocycles. The standard InChI is InChI=1S/C12H16N2O4/c1-17-8-3-4-10(14-11(15)5-6-13)9(7-8)12(16)18-2/h3-4,7H,5-6,13H2,1-2H3,(H,14,15). The lowest BCUT2D eigenvalue weighted by molar-refractivity contribution is -0.116. The second-order valence-corrected chi connectivity index (χ2v) is 3.49. The first-order valence-corrected chi connectivity index (χ1v) is 5.38. The molecular formula is C12H16N2O4. The Labute approximate surface area is 105 Å². The predicted octanol–water partition coefficient (Wildman–Crippen LogP) is 0.769. The van der Waals surface area contributed by atoms with Gasteiger partial charge in [0.15, 0.2) is 0 Å². The third kappa shape index (κ3) is 3.46. The van der Waals surface area contributed by atoms with Crippen LogP contribution in [0.15, 0.2) is 18.2 Å². The topological polar surface area (TPSA) is 90.6 Å². The van der Waals surface area contributed by atoms with E-state index in [4.69, 9.17) is 10.5 Å². The van der Waals surface area contributed by atoms with E-state index in [-0.39, 0.29) is 24.4 Å². The molecule has 0 spiro atoms. The van der Waals surface area contributed by atoms with Gasteiger partial charge in [0.2, 0.25) is 5.91 Å². The maximum atomic E-state index is 11.6. The van der Waals surface area contributed by atoms with Gasteiger partial charge in [-0.1, -0.05) is 0 Å². The molecular weight excluding hydrogens is 236 g/mol. The molecule has 0 saturated carbocycles. The van der Waals surface area contributed by atoms with Gasteiger partial charge in [-0.05, 0) is 18.2 Å². The third-order valence-electron chi connectivity index (χ3n) is 2.28. The van der Waals surface area contributed by atoms with E-state index in [9.17, 15) is 9.59 Å². The number of nitrogens with two attached hydrogens (primary N) is 1. The monoisotopic (exact) mass is 252 g/mol. The average molecular weight is 252 g/mol. The molecule has 1 aromatic carbocycles. The molecule has 0 fully saturated rings. The number of hydrogen-bond donors (Lipinski definition) is 2. The number of methoxy groups -OCH3 is 2. The number of carbonyl (C=O) groups is 2. The molecule has 0 aliphatic heterocycles. The lowest BCUT2D eigenvalue weighted by Gasteiger charge is -2.11. The maximum Gasteiger partial charge on any atom is 0.340 e. The molecule has 0 aliphatic rings. The van der Waals surface area contributed by atoms with Crippen LogP contribution in [-0.2, 0) is 9.53 Å². The fourth-order valence-corrected chi connectivity index (χ4v) is 1.38. The molecule has 6 nitrogen and oxygen atoms in total. The van der Waals surface area contributed by atoms with E-state index in [1.54, 1.807) is 12.1 Å². The molecule has 98 valence electrons. The van der Waals surface area contributed by atoms with Crippen molar-refractivity contribution in [1.82, 2.24) is 0 Å². The first-order valence-electron chi connectivity index (χ1n) is 5.38. The summed E-state index contributed by atoms with van der Waals surface area (Å²) in [6.45, 7) is 0.246. The average Bonchev–Trinajstić information content (AvgIpc) is 2.38. The van der Waals surface area contributed by atoms with Gasteiger partial charge in [0.1, 0.15) is 5.75 Å². The van der Waals surface area contributed by atoms with E-state index in [1.165, 1.54) is 20.3 Å². The molecule has 1 amide bonds. The molecule has 6 heteroatoms. The molecule has 0 heterocycles. The van der Waals surface area contributed by atoms with Crippen molar-refractivity contribution in [1.29, 1.82) is 0 Å². The summed E-state index contributed by atoms with van der Waals surface area (Å²) in [6, 6.07) is 4.73. The van der Waals surface area contributed by atoms with Crippen LogP contribution < -0.4 is 15.8 Å². The maximum absolute atomic E-state index is 11.6. The second-order valence-electron chi connectivity index (χ2n) is 3.49. The van der Waals surface area contributed by atoms with Crippen LogP contribution in [-0.4, -0.2) is 32.6 Å².